The summed E-state index contributed by atoms with van der Waals surface area (Å²) in [5, 5.41) is 1.10. The Hall–Kier alpha value is -1.62. The van der Waals surface area contributed by atoms with E-state index in [1.807, 2.05) is 30.3 Å². The van der Waals surface area contributed by atoms with E-state index in [0.717, 1.165) is 30.2 Å². The Morgan fingerprint density at radius 2 is 1.54 bits per heavy atom. The zero-order chi connectivity index (χ0) is 16.8. The maximum absolute atomic E-state index is 12.8. The molecule has 24 heavy (non-hydrogen) atoms. The van der Waals surface area contributed by atoms with Crippen LogP contribution in [0, 0.1) is 23.2 Å². The molecule has 4 aliphatic carbocycles. The topological polar surface area (TPSA) is 63.2 Å². The van der Waals surface area contributed by atoms with Gasteiger partial charge in [0.2, 0.25) is 5.91 Å². The molecule has 0 aromatic heterocycles. The number of rotatable bonds is 4. The van der Waals surface area contributed by atoms with Gasteiger partial charge in [0.1, 0.15) is 0 Å². The zero-order valence-corrected chi connectivity index (χ0v) is 14.5. The normalized spacial score (nSPS) is 34.6. The summed E-state index contributed by atoms with van der Waals surface area (Å²) in [6, 6.07) is 9.22. The maximum Gasteiger partial charge on any atom is 0.257 e. The number of sulfonamides is 1. The first-order valence-electron chi connectivity index (χ1n) is 8.74. The van der Waals surface area contributed by atoms with Crippen molar-refractivity contribution in [2.75, 3.05) is 0 Å². The fourth-order valence-electron chi connectivity index (χ4n) is 5.39. The standard InChI is InChI=1S/C19H23NO3S/c21-18(19-11-15-8-16(12-19)10-17(9-15)13-19)20-24(22,23)7-6-14-4-2-1-3-5-14/h1-7,15-17H,8-13H2,(H,20,21)/b7-6+. The highest BCUT2D eigenvalue weighted by Crippen LogP contribution is 2.60. The molecule has 0 radical (unpaired) electrons. The molecule has 5 heteroatoms. The van der Waals surface area contributed by atoms with Gasteiger partial charge in [-0.3, -0.25) is 4.79 Å². The molecule has 5 rings (SSSR count). The number of amides is 1. The molecular formula is C19H23NO3S. The van der Waals surface area contributed by atoms with Crippen LogP contribution in [0.15, 0.2) is 35.7 Å². The minimum absolute atomic E-state index is 0.278. The van der Waals surface area contributed by atoms with Crippen molar-refractivity contribution in [2.45, 2.75) is 38.5 Å². The molecule has 0 heterocycles. The molecule has 0 spiro atoms. The Bertz CT molecular complexity index is 732. The van der Waals surface area contributed by atoms with Crippen molar-refractivity contribution >= 4 is 22.0 Å². The van der Waals surface area contributed by atoms with Gasteiger partial charge in [0.25, 0.3) is 10.0 Å². The number of carbonyl (C=O) groups excluding carboxylic acids is 1. The van der Waals surface area contributed by atoms with E-state index in [0.29, 0.717) is 17.8 Å². The van der Waals surface area contributed by atoms with Gasteiger partial charge in [-0.2, -0.15) is 0 Å². The van der Waals surface area contributed by atoms with Gasteiger partial charge < -0.3 is 0 Å². The third kappa shape index (κ3) is 3.02. The van der Waals surface area contributed by atoms with E-state index in [1.54, 1.807) is 0 Å². The van der Waals surface area contributed by atoms with E-state index in [-0.39, 0.29) is 5.91 Å². The van der Waals surface area contributed by atoms with E-state index < -0.39 is 15.4 Å². The molecule has 4 nitrogen and oxygen atoms in total. The molecule has 1 aromatic carbocycles. The lowest BCUT2D eigenvalue weighted by Crippen LogP contribution is -2.54. The molecule has 0 unspecified atom stereocenters. The molecule has 1 N–H and O–H groups in total. The maximum atomic E-state index is 12.8. The van der Waals surface area contributed by atoms with Crippen LogP contribution in [0.25, 0.3) is 6.08 Å². The summed E-state index contributed by atoms with van der Waals surface area (Å²) in [6.45, 7) is 0. The van der Waals surface area contributed by atoms with Gasteiger partial charge in [0.15, 0.2) is 0 Å². The van der Waals surface area contributed by atoms with Crippen molar-refractivity contribution in [2.24, 2.45) is 23.2 Å². The first-order valence-corrected chi connectivity index (χ1v) is 10.3. The van der Waals surface area contributed by atoms with Crippen molar-refractivity contribution in [1.29, 1.82) is 0 Å². The SMILES string of the molecule is O=C(NS(=O)(=O)/C=C/c1ccccc1)C12CC3CC(CC(C3)C1)C2. The Balaban J connectivity index is 1.48. The Labute approximate surface area is 143 Å². The van der Waals surface area contributed by atoms with Crippen LogP contribution in [-0.2, 0) is 14.8 Å². The second-order valence-electron chi connectivity index (χ2n) is 7.89. The van der Waals surface area contributed by atoms with Crippen LogP contribution >= 0.6 is 0 Å². The number of carbonyl (C=O) groups is 1. The van der Waals surface area contributed by atoms with Crippen LogP contribution in [0.5, 0.6) is 0 Å². The first kappa shape index (κ1) is 15.9. The van der Waals surface area contributed by atoms with Crippen molar-refractivity contribution in [1.82, 2.24) is 4.72 Å². The van der Waals surface area contributed by atoms with Gasteiger partial charge in [-0.15, -0.1) is 0 Å². The molecule has 4 fully saturated rings. The predicted octanol–water partition coefficient (Wildman–Crippen LogP) is 3.32. The van der Waals surface area contributed by atoms with Gasteiger partial charge in [-0.1, -0.05) is 30.3 Å². The predicted molar refractivity (Wildman–Crippen MR) is 93.1 cm³/mol. The fourth-order valence-corrected chi connectivity index (χ4v) is 6.27. The van der Waals surface area contributed by atoms with E-state index in [2.05, 4.69) is 4.72 Å². The van der Waals surface area contributed by atoms with E-state index in [4.69, 9.17) is 0 Å². The lowest BCUT2D eigenvalue weighted by molar-refractivity contribution is -0.144. The van der Waals surface area contributed by atoms with Crippen molar-refractivity contribution in [3.05, 3.63) is 41.3 Å². The summed E-state index contributed by atoms with van der Waals surface area (Å²) < 4.78 is 26.9. The second kappa shape index (κ2) is 5.73. The highest BCUT2D eigenvalue weighted by Gasteiger charge is 2.55. The second-order valence-corrected chi connectivity index (χ2v) is 9.45. The molecule has 4 aliphatic rings. The van der Waals surface area contributed by atoms with Crippen LogP contribution < -0.4 is 4.72 Å². The number of hydrogen-bond acceptors (Lipinski definition) is 3. The third-order valence-corrected chi connectivity index (χ3v) is 6.96. The van der Waals surface area contributed by atoms with E-state index in [1.165, 1.54) is 25.3 Å². The van der Waals surface area contributed by atoms with Gasteiger partial charge in [-0.25, -0.2) is 13.1 Å². The molecular weight excluding hydrogens is 322 g/mol. The summed E-state index contributed by atoms with van der Waals surface area (Å²) in [6.07, 6.45) is 7.80. The summed E-state index contributed by atoms with van der Waals surface area (Å²) in [5.74, 6) is 1.57. The Morgan fingerprint density at radius 1 is 1.00 bits per heavy atom. The van der Waals surface area contributed by atoms with Crippen molar-refractivity contribution in [3.8, 4) is 0 Å². The van der Waals surface area contributed by atoms with E-state index >= 15 is 0 Å². The third-order valence-electron chi connectivity index (χ3n) is 5.99. The summed E-state index contributed by atoms with van der Waals surface area (Å²) in [4.78, 5) is 12.8. The smallest absolute Gasteiger partial charge is 0.257 e. The first-order chi connectivity index (χ1) is 11.4. The molecule has 0 saturated heterocycles. The zero-order valence-electron chi connectivity index (χ0n) is 13.6. The summed E-state index contributed by atoms with van der Waals surface area (Å²) in [7, 11) is -3.75. The highest BCUT2D eigenvalue weighted by atomic mass is 32.2. The van der Waals surface area contributed by atoms with Crippen LogP contribution in [0.1, 0.15) is 44.1 Å². The van der Waals surface area contributed by atoms with E-state index in [9.17, 15) is 13.2 Å². The van der Waals surface area contributed by atoms with Crippen LogP contribution in [0.3, 0.4) is 0 Å². The minimum atomic E-state index is -3.75. The average molecular weight is 345 g/mol. The lowest BCUT2D eigenvalue weighted by atomic mass is 9.49. The van der Waals surface area contributed by atoms with Crippen LogP contribution in [-0.4, -0.2) is 14.3 Å². The van der Waals surface area contributed by atoms with Crippen LogP contribution in [0.4, 0.5) is 0 Å². The number of nitrogens with one attached hydrogen (secondary N) is 1. The number of hydrogen-bond donors (Lipinski definition) is 1. The Kier molecular flexibility index (Phi) is 3.79. The Morgan fingerprint density at radius 3 is 2.08 bits per heavy atom. The quantitative estimate of drug-likeness (QED) is 0.910. The molecule has 128 valence electrons. The fraction of sp³-hybridized carbons (Fsp3) is 0.526. The molecule has 0 atom stereocenters. The lowest BCUT2D eigenvalue weighted by Gasteiger charge is -2.55. The van der Waals surface area contributed by atoms with Gasteiger partial charge >= 0.3 is 0 Å². The van der Waals surface area contributed by atoms with Gasteiger partial charge in [-0.05, 0) is 67.9 Å². The summed E-state index contributed by atoms with van der Waals surface area (Å²) in [5.41, 5.74) is 0.354. The highest BCUT2D eigenvalue weighted by molar-refractivity contribution is 7.93. The molecule has 1 amide bonds. The summed E-state index contributed by atoms with van der Waals surface area (Å²) >= 11 is 0. The average Bonchev–Trinajstić information content (AvgIpc) is 2.52. The molecule has 1 aromatic rings. The monoisotopic (exact) mass is 345 g/mol. The van der Waals surface area contributed by atoms with Crippen LogP contribution in [0.2, 0.25) is 0 Å². The van der Waals surface area contributed by atoms with Gasteiger partial charge in [0.05, 0.1) is 10.8 Å². The largest absolute Gasteiger partial charge is 0.273 e. The molecule has 0 aliphatic heterocycles. The molecule has 4 saturated carbocycles. The van der Waals surface area contributed by atoms with Gasteiger partial charge in [0, 0.05) is 0 Å². The number of benzene rings is 1. The minimum Gasteiger partial charge on any atom is -0.273 e. The molecule has 4 bridgehead atoms. The van der Waals surface area contributed by atoms with Crippen molar-refractivity contribution < 1.29 is 13.2 Å². The van der Waals surface area contributed by atoms with Crippen molar-refractivity contribution in [3.63, 3.8) is 0 Å².